The van der Waals surface area contributed by atoms with Gasteiger partial charge in [-0.3, -0.25) is 29.4 Å². The summed E-state index contributed by atoms with van der Waals surface area (Å²) in [6.45, 7) is 42.5. The van der Waals surface area contributed by atoms with E-state index in [9.17, 15) is 0 Å². The lowest BCUT2D eigenvalue weighted by Gasteiger charge is -2.47. The molecule has 524 valence electrons. The summed E-state index contributed by atoms with van der Waals surface area (Å²) < 4.78 is 133. The van der Waals surface area contributed by atoms with E-state index in [0.717, 1.165) is 170 Å². The van der Waals surface area contributed by atoms with Crippen LogP contribution in [0, 0.1) is 0 Å². The molecular weight excluding hydrogens is 1250 g/mol. The Hall–Kier alpha value is 0.301. The predicted octanol–water partition coefficient (Wildman–Crippen LogP) is 5.33. The summed E-state index contributed by atoms with van der Waals surface area (Å²) in [6.07, 6.45) is 4.43. The van der Waals surface area contributed by atoms with Gasteiger partial charge in [-0.2, -0.15) is 0 Å². The van der Waals surface area contributed by atoms with Crippen LogP contribution in [0.25, 0.3) is 0 Å². The summed E-state index contributed by atoms with van der Waals surface area (Å²) in [5.74, 6) is 0. The Morgan fingerprint density at radius 2 is 0.348 bits per heavy atom. The summed E-state index contributed by atoms with van der Waals surface area (Å²) in [7, 11) is -23.7. The number of ether oxygens (including phenoxy) is 6. The lowest BCUT2D eigenvalue weighted by molar-refractivity contribution is 0.0225. The van der Waals surface area contributed by atoms with Crippen LogP contribution in [0.1, 0.15) is 93.9 Å². The molecule has 0 saturated carbocycles. The van der Waals surface area contributed by atoms with Gasteiger partial charge in [-0.15, -0.1) is 0 Å². The van der Waals surface area contributed by atoms with E-state index in [-0.39, 0.29) is 13.2 Å². The first-order chi connectivity index (χ1) is 43.5. The molecule has 6 rings (SSSR count). The SMILES string of the molecule is CCO[Si](CCCN1CCOCC1)(OCC)O[Si](CCCN1CCOCC1)(OCC)O[Si](CCCN1CCOCC1)(OCC)O[Si](CCCN1CCOCC1)(OCC)O[Si](CCCN1CCOCC1)(OCC)O[Si](CCCN1CCOCC1)(OCC)OCC. The Bertz CT molecular complexity index is 1660. The third-order valence-electron chi connectivity index (χ3n) is 16.8. The van der Waals surface area contributed by atoms with Crippen molar-refractivity contribution in [2.45, 2.75) is 130 Å². The summed E-state index contributed by atoms with van der Waals surface area (Å²) in [5.41, 5.74) is 0. The normalized spacial score (nSPS) is 22.7. The van der Waals surface area contributed by atoms with E-state index in [1.54, 1.807) is 0 Å². The van der Waals surface area contributed by atoms with E-state index in [0.29, 0.717) is 142 Å². The molecule has 0 N–H and O–H groups in total. The highest BCUT2D eigenvalue weighted by Crippen LogP contribution is 2.40. The highest BCUT2D eigenvalue weighted by molar-refractivity contribution is 6.87. The van der Waals surface area contributed by atoms with Gasteiger partial charge in [-0.25, -0.2) is 0 Å². The largest absolute Gasteiger partial charge is 0.493 e. The maximum atomic E-state index is 8.30. The van der Waals surface area contributed by atoms with Crippen LogP contribution >= 0.6 is 0 Å². The van der Waals surface area contributed by atoms with Crippen molar-refractivity contribution in [1.82, 2.24) is 29.4 Å². The predicted molar refractivity (Wildman–Crippen MR) is 353 cm³/mol. The highest BCUT2D eigenvalue weighted by Gasteiger charge is 2.65. The van der Waals surface area contributed by atoms with Gasteiger partial charge < -0.3 is 84.4 Å². The molecule has 4 atom stereocenters. The van der Waals surface area contributed by atoms with Crippen molar-refractivity contribution < 1.29 is 84.4 Å². The smallest absolute Gasteiger partial charge is 0.379 e. The van der Waals surface area contributed by atoms with E-state index < -0.39 is 52.8 Å². The average molecular weight is 1380 g/mol. The number of hydrogen-bond acceptors (Lipinski definition) is 25. The molecular formula is C58H124N6O19Si6. The molecule has 0 radical (unpaired) electrons. The first kappa shape index (κ1) is 78.3. The van der Waals surface area contributed by atoms with Crippen LogP contribution in [-0.2, 0) is 84.4 Å². The van der Waals surface area contributed by atoms with Crippen molar-refractivity contribution in [3.63, 3.8) is 0 Å². The van der Waals surface area contributed by atoms with Crippen molar-refractivity contribution in [3.05, 3.63) is 0 Å². The van der Waals surface area contributed by atoms with Crippen LogP contribution < -0.4 is 0 Å². The summed E-state index contributed by atoms with van der Waals surface area (Å²) in [4.78, 5) is 14.8. The Labute approximate surface area is 544 Å². The maximum Gasteiger partial charge on any atom is 0.493 e. The fraction of sp³-hybridized carbons (Fsp3) is 1.00. The quantitative estimate of drug-likeness (QED) is 0.0709. The molecule has 6 aliphatic heterocycles. The van der Waals surface area contributed by atoms with E-state index >= 15 is 0 Å². The van der Waals surface area contributed by atoms with Gasteiger partial charge in [0.2, 0.25) is 0 Å². The van der Waals surface area contributed by atoms with Gasteiger partial charge in [-0.1, -0.05) is 0 Å². The third-order valence-corrected chi connectivity index (χ3v) is 40.9. The minimum absolute atomic E-state index is 0.287. The number of nitrogens with zero attached hydrogens (tertiary/aromatic N) is 6. The average Bonchev–Trinajstić information content (AvgIpc) is 1.04. The van der Waals surface area contributed by atoms with Crippen LogP contribution in [0.4, 0.5) is 0 Å². The highest BCUT2D eigenvalue weighted by atomic mass is 28.5. The number of rotatable bonds is 50. The Morgan fingerprint density at radius 3 is 0.506 bits per heavy atom. The van der Waals surface area contributed by atoms with Gasteiger partial charge in [0, 0.05) is 168 Å². The van der Waals surface area contributed by atoms with Gasteiger partial charge in [0.15, 0.2) is 0 Å². The molecule has 0 spiro atoms. The fourth-order valence-corrected chi connectivity index (χ4v) is 39.6. The first-order valence-electron chi connectivity index (χ1n) is 34.9. The van der Waals surface area contributed by atoms with Gasteiger partial charge >= 0.3 is 52.8 Å². The van der Waals surface area contributed by atoms with Gasteiger partial charge in [0.25, 0.3) is 0 Å². The van der Waals surface area contributed by atoms with Crippen molar-refractivity contribution in [3.8, 4) is 0 Å². The second-order valence-corrected chi connectivity index (χ2v) is 41.0. The fourth-order valence-electron chi connectivity index (χ4n) is 12.6. The zero-order chi connectivity index (χ0) is 63.3. The Balaban J connectivity index is 1.52. The molecule has 0 amide bonds. The standard InChI is InChI=1S/C58H124N6O19Si6/c1-9-71-84(72-10-2,53-17-23-59-29-41-65-42-30-59)79-86(75-13-5,55-19-25-61-33-45-67-46-34-61)81-88(77-15-7,57-21-27-63-37-49-69-50-38-63)83-89(78-16-8,58-22-28-64-39-51-70-52-40-64)82-87(76-14-6,56-20-26-62-35-47-68-48-36-62)80-85(73-11-3,74-12-4)54-18-24-60-31-43-66-44-32-60/h9-58H2,1-8H3. The molecule has 89 heavy (non-hydrogen) atoms. The molecule has 4 unspecified atom stereocenters. The molecule has 6 fully saturated rings. The molecule has 6 saturated heterocycles. The monoisotopic (exact) mass is 1380 g/mol. The topological polar surface area (TPSA) is 195 Å². The molecule has 6 heterocycles. The molecule has 31 heteroatoms. The van der Waals surface area contributed by atoms with Crippen LogP contribution in [0.2, 0.25) is 36.3 Å². The second-order valence-electron chi connectivity index (χ2n) is 23.4. The van der Waals surface area contributed by atoms with Crippen LogP contribution in [0.15, 0.2) is 0 Å². The molecule has 6 aliphatic rings. The van der Waals surface area contributed by atoms with Gasteiger partial charge in [0.1, 0.15) is 0 Å². The van der Waals surface area contributed by atoms with Crippen molar-refractivity contribution in [1.29, 1.82) is 0 Å². The number of morpholine rings is 6. The van der Waals surface area contributed by atoms with E-state index in [1.165, 1.54) is 0 Å². The summed E-state index contributed by atoms with van der Waals surface area (Å²) in [6, 6.07) is 2.94. The first-order valence-corrected chi connectivity index (χ1v) is 46.5. The molecule has 0 bridgehead atoms. The Kier molecular flexibility index (Phi) is 38.9. The number of hydrogen-bond donors (Lipinski definition) is 0. The van der Waals surface area contributed by atoms with E-state index in [1.807, 2.05) is 55.4 Å². The molecule has 0 aromatic heterocycles. The van der Waals surface area contributed by atoms with E-state index in [2.05, 4.69) is 29.4 Å². The molecule has 0 aromatic carbocycles. The maximum absolute atomic E-state index is 8.30. The molecule has 0 aromatic rings. The van der Waals surface area contributed by atoms with Crippen LogP contribution in [0.5, 0.6) is 0 Å². The zero-order valence-electron chi connectivity index (χ0n) is 56.8. The molecule has 25 nitrogen and oxygen atoms in total. The minimum atomic E-state index is -4.21. The third kappa shape index (κ3) is 28.4. The van der Waals surface area contributed by atoms with Gasteiger partial charge in [-0.05, 0) is 133 Å². The van der Waals surface area contributed by atoms with Gasteiger partial charge in [0.05, 0.1) is 79.3 Å². The van der Waals surface area contributed by atoms with Crippen molar-refractivity contribution >= 4 is 52.8 Å². The minimum Gasteiger partial charge on any atom is -0.379 e. The zero-order valence-corrected chi connectivity index (χ0v) is 62.8. The van der Waals surface area contributed by atoms with Crippen molar-refractivity contribution in [2.75, 3.05) is 250 Å². The Morgan fingerprint density at radius 1 is 0.213 bits per heavy atom. The van der Waals surface area contributed by atoms with Crippen LogP contribution in [-0.4, -0.2) is 332 Å². The lowest BCUT2D eigenvalue weighted by atomic mass is 10.3. The van der Waals surface area contributed by atoms with Crippen molar-refractivity contribution in [2.24, 2.45) is 0 Å². The molecule has 0 aliphatic carbocycles. The second kappa shape index (κ2) is 44.3. The van der Waals surface area contributed by atoms with E-state index in [4.69, 9.17) is 84.4 Å². The summed E-state index contributed by atoms with van der Waals surface area (Å²) in [5, 5.41) is 0. The lowest BCUT2D eigenvalue weighted by Crippen LogP contribution is -2.70. The summed E-state index contributed by atoms with van der Waals surface area (Å²) >= 11 is 0. The van der Waals surface area contributed by atoms with Crippen LogP contribution in [0.3, 0.4) is 0 Å².